The Bertz CT molecular complexity index is 439. The van der Waals surface area contributed by atoms with Gasteiger partial charge in [-0.25, -0.2) is 0 Å². The van der Waals surface area contributed by atoms with Crippen molar-refractivity contribution in [3.63, 3.8) is 0 Å². The molecule has 0 bridgehead atoms. The highest BCUT2D eigenvalue weighted by atomic mass is 16.2. The summed E-state index contributed by atoms with van der Waals surface area (Å²) in [4.78, 5) is 28.8. The first-order valence-electron chi connectivity index (χ1n) is 6.60. The van der Waals surface area contributed by atoms with Gasteiger partial charge in [0.2, 0.25) is 5.91 Å². The van der Waals surface area contributed by atoms with Crippen molar-refractivity contribution in [3.8, 4) is 0 Å². The van der Waals surface area contributed by atoms with Gasteiger partial charge < -0.3 is 10.2 Å². The minimum atomic E-state index is -0.0589. The number of nitrogens with one attached hydrogen (secondary N) is 1. The van der Waals surface area contributed by atoms with Crippen LogP contribution in [0.15, 0.2) is 24.5 Å². The first-order valence-corrected chi connectivity index (χ1v) is 6.60. The van der Waals surface area contributed by atoms with Gasteiger partial charge in [-0.2, -0.15) is 0 Å². The van der Waals surface area contributed by atoms with Crippen molar-refractivity contribution in [1.29, 1.82) is 0 Å². The molecule has 1 aromatic rings. The quantitative estimate of drug-likeness (QED) is 0.885. The fourth-order valence-electron chi connectivity index (χ4n) is 2.29. The number of likely N-dealkylation sites (tertiary alicyclic amines) is 1. The SMILES string of the molecule is CC(=O)N1CCC(CNC(=O)c2ccncc2)CC1. The summed E-state index contributed by atoms with van der Waals surface area (Å²) < 4.78 is 0. The van der Waals surface area contributed by atoms with Crippen LogP contribution in [0.3, 0.4) is 0 Å². The van der Waals surface area contributed by atoms with Gasteiger partial charge >= 0.3 is 0 Å². The maximum Gasteiger partial charge on any atom is 0.251 e. The van der Waals surface area contributed by atoms with E-state index in [1.165, 1.54) is 0 Å². The van der Waals surface area contributed by atoms with Crippen molar-refractivity contribution in [3.05, 3.63) is 30.1 Å². The van der Waals surface area contributed by atoms with Gasteiger partial charge in [-0.15, -0.1) is 0 Å². The number of piperidine rings is 1. The second-order valence-electron chi connectivity index (χ2n) is 4.90. The Balaban J connectivity index is 1.75. The number of rotatable bonds is 3. The Morgan fingerprint density at radius 1 is 1.32 bits per heavy atom. The summed E-state index contributed by atoms with van der Waals surface area (Å²) in [6, 6.07) is 3.40. The second-order valence-corrected chi connectivity index (χ2v) is 4.90. The number of nitrogens with zero attached hydrogens (tertiary/aromatic N) is 2. The van der Waals surface area contributed by atoms with Crippen LogP contribution in [0.25, 0.3) is 0 Å². The minimum Gasteiger partial charge on any atom is -0.352 e. The van der Waals surface area contributed by atoms with Gasteiger partial charge in [0.05, 0.1) is 0 Å². The number of aromatic nitrogens is 1. The van der Waals surface area contributed by atoms with E-state index in [1.54, 1.807) is 31.5 Å². The molecule has 2 heterocycles. The predicted molar refractivity (Wildman–Crippen MR) is 71.5 cm³/mol. The smallest absolute Gasteiger partial charge is 0.251 e. The van der Waals surface area contributed by atoms with E-state index in [0.717, 1.165) is 25.9 Å². The van der Waals surface area contributed by atoms with Crippen LogP contribution in [-0.2, 0) is 4.79 Å². The molecule has 1 saturated heterocycles. The summed E-state index contributed by atoms with van der Waals surface area (Å²) in [6.07, 6.45) is 5.13. The van der Waals surface area contributed by atoms with Crippen LogP contribution in [0.4, 0.5) is 0 Å². The Hall–Kier alpha value is -1.91. The molecule has 0 aliphatic carbocycles. The van der Waals surface area contributed by atoms with Crippen molar-refractivity contribution in [2.45, 2.75) is 19.8 Å². The largest absolute Gasteiger partial charge is 0.352 e. The van der Waals surface area contributed by atoms with Crippen LogP contribution in [0.2, 0.25) is 0 Å². The lowest BCUT2D eigenvalue weighted by Gasteiger charge is -2.31. The maximum absolute atomic E-state index is 11.9. The summed E-state index contributed by atoms with van der Waals surface area (Å²) >= 11 is 0. The van der Waals surface area contributed by atoms with Crippen LogP contribution in [-0.4, -0.2) is 41.3 Å². The van der Waals surface area contributed by atoms with Gasteiger partial charge in [0, 0.05) is 44.5 Å². The van der Waals surface area contributed by atoms with E-state index in [1.807, 2.05) is 4.90 Å². The highest BCUT2D eigenvalue weighted by Gasteiger charge is 2.21. The molecule has 0 unspecified atom stereocenters. The van der Waals surface area contributed by atoms with Crippen LogP contribution in [0.5, 0.6) is 0 Å². The lowest BCUT2D eigenvalue weighted by atomic mass is 9.96. The number of amides is 2. The topological polar surface area (TPSA) is 62.3 Å². The number of hydrogen-bond acceptors (Lipinski definition) is 3. The van der Waals surface area contributed by atoms with Crippen molar-refractivity contribution >= 4 is 11.8 Å². The molecule has 1 aliphatic heterocycles. The third-order valence-corrected chi connectivity index (χ3v) is 3.55. The summed E-state index contributed by atoms with van der Waals surface area (Å²) in [5.74, 6) is 0.539. The first kappa shape index (κ1) is 13.5. The molecule has 0 aromatic carbocycles. The molecule has 19 heavy (non-hydrogen) atoms. The highest BCUT2D eigenvalue weighted by Crippen LogP contribution is 2.16. The average Bonchev–Trinajstić information content (AvgIpc) is 2.46. The van der Waals surface area contributed by atoms with Gasteiger partial charge in [0.25, 0.3) is 5.91 Å². The molecule has 102 valence electrons. The molecule has 5 nitrogen and oxygen atoms in total. The monoisotopic (exact) mass is 261 g/mol. The molecule has 1 fully saturated rings. The summed E-state index contributed by atoms with van der Waals surface area (Å²) in [7, 11) is 0. The zero-order valence-electron chi connectivity index (χ0n) is 11.1. The van der Waals surface area contributed by atoms with E-state index in [9.17, 15) is 9.59 Å². The van der Waals surface area contributed by atoms with E-state index in [-0.39, 0.29) is 11.8 Å². The predicted octanol–water partition coefficient (Wildman–Crippen LogP) is 1.07. The molecule has 0 spiro atoms. The Labute approximate surface area is 113 Å². The van der Waals surface area contributed by atoms with Crippen LogP contribution in [0.1, 0.15) is 30.1 Å². The van der Waals surface area contributed by atoms with Gasteiger partial charge in [0.15, 0.2) is 0 Å². The van der Waals surface area contributed by atoms with E-state index in [0.29, 0.717) is 18.0 Å². The molecule has 0 saturated carbocycles. The molecule has 0 radical (unpaired) electrons. The lowest BCUT2D eigenvalue weighted by molar-refractivity contribution is -0.130. The van der Waals surface area contributed by atoms with Crippen LogP contribution in [0, 0.1) is 5.92 Å². The molecule has 1 aromatic heterocycles. The van der Waals surface area contributed by atoms with Crippen molar-refractivity contribution in [2.75, 3.05) is 19.6 Å². The molecule has 0 atom stereocenters. The molecule has 2 amide bonds. The van der Waals surface area contributed by atoms with E-state index >= 15 is 0 Å². The molecule has 2 rings (SSSR count). The third kappa shape index (κ3) is 3.77. The van der Waals surface area contributed by atoms with Gasteiger partial charge in [-0.3, -0.25) is 14.6 Å². The van der Waals surface area contributed by atoms with Gasteiger partial charge in [-0.1, -0.05) is 0 Å². The molecule has 5 heteroatoms. The number of hydrogen-bond donors (Lipinski definition) is 1. The highest BCUT2D eigenvalue weighted by molar-refractivity contribution is 5.93. The van der Waals surface area contributed by atoms with E-state index < -0.39 is 0 Å². The number of pyridine rings is 1. The van der Waals surface area contributed by atoms with Crippen molar-refractivity contribution in [2.24, 2.45) is 5.92 Å². The standard InChI is InChI=1S/C14H19N3O2/c1-11(18)17-8-4-12(5-9-17)10-16-14(19)13-2-6-15-7-3-13/h2-3,6-7,12H,4-5,8-10H2,1H3,(H,16,19). The first-order chi connectivity index (χ1) is 9.16. The minimum absolute atomic E-state index is 0.0589. The number of carbonyl (C=O) groups is 2. The van der Waals surface area contributed by atoms with Crippen LogP contribution < -0.4 is 5.32 Å². The van der Waals surface area contributed by atoms with Gasteiger partial charge in [0.1, 0.15) is 0 Å². The zero-order chi connectivity index (χ0) is 13.7. The van der Waals surface area contributed by atoms with Crippen molar-refractivity contribution < 1.29 is 9.59 Å². The average molecular weight is 261 g/mol. The second kappa shape index (κ2) is 6.31. The zero-order valence-corrected chi connectivity index (χ0v) is 11.1. The Kier molecular flexibility index (Phi) is 4.49. The molecule has 1 N–H and O–H groups in total. The Morgan fingerprint density at radius 2 is 1.95 bits per heavy atom. The summed E-state index contributed by atoms with van der Waals surface area (Å²) in [5.41, 5.74) is 0.635. The van der Waals surface area contributed by atoms with Crippen molar-refractivity contribution in [1.82, 2.24) is 15.2 Å². The lowest BCUT2D eigenvalue weighted by Crippen LogP contribution is -2.40. The third-order valence-electron chi connectivity index (χ3n) is 3.55. The van der Waals surface area contributed by atoms with Gasteiger partial charge in [-0.05, 0) is 30.9 Å². The summed E-state index contributed by atoms with van der Waals surface area (Å²) in [5, 5.41) is 2.94. The van der Waals surface area contributed by atoms with E-state index in [2.05, 4.69) is 10.3 Å². The van der Waals surface area contributed by atoms with Crippen LogP contribution >= 0.6 is 0 Å². The fraction of sp³-hybridized carbons (Fsp3) is 0.500. The van der Waals surface area contributed by atoms with E-state index in [4.69, 9.17) is 0 Å². The molecule has 1 aliphatic rings. The fourth-order valence-corrected chi connectivity index (χ4v) is 2.29. The Morgan fingerprint density at radius 3 is 2.53 bits per heavy atom. The number of carbonyl (C=O) groups excluding carboxylic acids is 2. The molecular formula is C14H19N3O2. The normalized spacial score (nSPS) is 16.2. The summed E-state index contributed by atoms with van der Waals surface area (Å²) in [6.45, 7) is 3.87. The maximum atomic E-state index is 11.9. The molecular weight excluding hydrogens is 242 g/mol.